The molecule has 0 bridgehead atoms. The zero-order valence-electron chi connectivity index (χ0n) is 9.07. The number of carbonyl (C=O) groups excluding carboxylic acids is 1. The van der Waals surface area contributed by atoms with Gasteiger partial charge in [-0.25, -0.2) is 0 Å². The summed E-state index contributed by atoms with van der Waals surface area (Å²) >= 11 is 19.3. The molecule has 0 spiro atoms. The molecule has 0 aliphatic heterocycles. The first-order chi connectivity index (χ1) is 8.65. The number of hydrogen-bond donors (Lipinski definition) is 0. The summed E-state index contributed by atoms with van der Waals surface area (Å²) in [5.74, 6) is -0.409. The second-order valence-corrected chi connectivity index (χ2v) is 5.39. The number of anilines is 2. The third kappa shape index (κ3) is 2.64. The zero-order valence-corrected chi connectivity index (χ0v) is 12.2. The topological polar surface area (TPSA) is 20.3 Å². The average Bonchev–Trinajstić information content (AvgIpc) is 2.86. The second kappa shape index (κ2) is 5.93. The van der Waals surface area contributed by atoms with Gasteiger partial charge in [0.1, 0.15) is 10.9 Å². The largest absolute Gasteiger partial charge is 0.273 e. The van der Waals surface area contributed by atoms with Crippen molar-refractivity contribution in [2.24, 2.45) is 0 Å². The van der Waals surface area contributed by atoms with E-state index in [4.69, 9.17) is 34.8 Å². The molecule has 1 heterocycles. The summed E-state index contributed by atoms with van der Waals surface area (Å²) in [5.41, 5.74) is 0.467. The summed E-state index contributed by atoms with van der Waals surface area (Å²) in [7, 11) is 0. The molecule has 0 saturated carbocycles. The lowest BCUT2D eigenvalue weighted by atomic mass is 10.3. The first kappa shape index (κ1) is 13.7. The van der Waals surface area contributed by atoms with E-state index < -0.39 is 0 Å². The lowest BCUT2D eigenvalue weighted by molar-refractivity contribution is -0.115. The molecule has 2 nitrogen and oxygen atoms in total. The molecule has 1 aromatic carbocycles. The highest BCUT2D eigenvalue weighted by Gasteiger charge is 2.22. The molecule has 0 aliphatic rings. The monoisotopic (exact) mass is 319 g/mol. The number of halogens is 3. The quantitative estimate of drug-likeness (QED) is 0.732. The fourth-order valence-electron chi connectivity index (χ4n) is 1.52. The highest BCUT2D eigenvalue weighted by Crippen LogP contribution is 2.39. The molecule has 0 atom stereocenters. The fraction of sp³-hybridized carbons (Fsp3) is 0.0833. The summed E-state index contributed by atoms with van der Waals surface area (Å²) in [6.45, 7) is 0. The van der Waals surface area contributed by atoms with Crippen molar-refractivity contribution in [1.29, 1.82) is 0 Å². The van der Waals surface area contributed by atoms with Gasteiger partial charge in [0.2, 0.25) is 5.91 Å². The van der Waals surface area contributed by atoms with Crippen LogP contribution in [0.5, 0.6) is 0 Å². The lowest BCUT2D eigenvalue weighted by Crippen LogP contribution is -2.26. The van der Waals surface area contributed by atoms with E-state index in [1.54, 1.807) is 18.2 Å². The number of nitrogens with zero attached hydrogens (tertiary/aromatic N) is 1. The van der Waals surface area contributed by atoms with Crippen molar-refractivity contribution < 1.29 is 4.79 Å². The first-order valence-corrected chi connectivity index (χ1v) is 7.18. The lowest BCUT2D eigenvalue weighted by Gasteiger charge is -2.22. The van der Waals surface area contributed by atoms with Gasteiger partial charge in [-0.15, -0.1) is 22.9 Å². The Hall–Kier alpha value is -0.740. The van der Waals surface area contributed by atoms with Gasteiger partial charge in [0.15, 0.2) is 0 Å². The molecule has 0 unspecified atom stereocenters. The van der Waals surface area contributed by atoms with E-state index in [1.807, 2.05) is 17.5 Å². The Bertz CT molecular complexity index is 536. The Kier molecular flexibility index (Phi) is 4.51. The molecule has 1 amide bonds. The van der Waals surface area contributed by atoms with E-state index in [9.17, 15) is 4.79 Å². The number of amides is 1. The van der Waals surface area contributed by atoms with E-state index in [0.717, 1.165) is 5.00 Å². The summed E-state index contributed by atoms with van der Waals surface area (Å²) in [6.07, 6.45) is 0. The molecule has 6 heteroatoms. The minimum absolute atomic E-state index is 0.139. The maximum absolute atomic E-state index is 12.0. The SMILES string of the molecule is O=C(CCl)N(c1cccs1)c1c(Cl)cccc1Cl. The van der Waals surface area contributed by atoms with Crippen LogP contribution >= 0.6 is 46.1 Å². The predicted molar refractivity (Wildman–Crippen MR) is 78.6 cm³/mol. The minimum atomic E-state index is -0.269. The molecule has 2 aromatic rings. The summed E-state index contributed by atoms with van der Waals surface area (Å²) in [6, 6.07) is 8.76. The third-order valence-electron chi connectivity index (χ3n) is 2.25. The van der Waals surface area contributed by atoms with Crippen LogP contribution in [0.4, 0.5) is 10.7 Å². The summed E-state index contributed by atoms with van der Waals surface area (Å²) in [5, 5.41) is 3.42. The van der Waals surface area contributed by atoms with Crippen LogP contribution in [0.3, 0.4) is 0 Å². The van der Waals surface area contributed by atoms with Crippen molar-refractivity contribution in [2.75, 3.05) is 10.8 Å². The molecular weight excluding hydrogens is 313 g/mol. The van der Waals surface area contributed by atoms with E-state index in [1.165, 1.54) is 16.2 Å². The van der Waals surface area contributed by atoms with Gasteiger partial charge in [0.05, 0.1) is 15.7 Å². The van der Waals surface area contributed by atoms with Crippen LogP contribution in [-0.4, -0.2) is 11.8 Å². The van der Waals surface area contributed by atoms with Crippen molar-refractivity contribution in [2.45, 2.75) is 0 Å². The number of benzene rings is 1. The number of rotatable bonds is 3. The Labute approximate surface area is 124 Å². The van der Waals surface area contributed by atoms with Gasteiger partial charge in [-0.3, -0.25) is 9.69 Å². The van der Waals surface area contributed by atoms with Gasteiger partial charge >= 0.3 is 0 Å². The molecule has 2 rings (SSSR count). The van der Waals surface area contributed by atoms with E-state index in [0.29, 0.717) is 15.7 Å². The number of thiophene rings is 1. The Morgan fingerprint density at radius 1 is 1.17 bits per heavy atom. The fourth-order valence-corrected chi connectivity index (χ4v) is 2.96. The third-order valence-corrected chi connectivity index (χ3v) is 3.94. The van der Waals surface area contributed by atoms with E-state index >= 15 is 0 Å². The van der Waals surface area contributed by atoms with Crippen LogP contribution in [0, 0.1) is 0 Å². The predicted octanol–water partition coefficient (Wildman–Crippen LogP) is 4.96. The summed E-state index contributed by atoms with van der Waals surface area (Å²) in [4.78, 5) is 13.4. The van der Waals surface area contributed by atoms with Gasteiger partial charge in [0, 0.05) is 0 Å². The van der Waals surface area contributed by atoms with Gasteiger partial charge < -0.3 is 0 Å². The van der Waals surface area contributed by atoms with Crippen molar-refractivity contribution in [3.8, 4) is 0 Å². The van der Waals surface area contributed by atoms with Crippen LogP contribution in [0.1, 0.15) is 0 Å². The number of para-hydroxylation sites is 1. The molecule has 0 fully saturated rings. The van der Waals surface area contributed by atoms with Gasteiger partial charge in [0.25, 0.3) is 0 Å². The van der Waals surface area contributed by atoms with Crippen LogP contribution in [-0.2, 0) is 4.79 Å². The Balaban J connectivity index is 2.57. The molecule has 0 N–H and O–H groups in total. The van der Waals surface area contributed by atoms with E-state index in [2.05, 4.69) is 0 Å². The van der Waals surface area contributed by atoms with Crippen LogP contribution in [0.2, 0.25) is 10.0 Å². The van der Waals surface area contributed by atoms with E-state index in [-0.39, 0.29) is 11.8 Å². The highest BCUT2D eigenvalue weighted by atomic mass is 35.5. The molecule has 18 heavy (non-hydrogen) atoms. The number of hydrogen-bond acceptors (Lipinski definition) is 2. The van der Waals surface area contributed by atoms with Crippen LogP contribution in [0.15, 0.2) is 35.7 Å². The molecule has 1 aromatic heterocycles. The standard InChI is InChI=1S/C12H8Cl3NOS/c13-7-10(17)16(11-5-2-6-18-11)12-8(14)3-1-4-9(12)15/h1-6H,7H2. The smallest absolute Gasteiger partial charge is 0.247 e. The molecule has 94 valence electrons. The van der Waals surface area contributed by atoms with Gasteiger partial charge in [-0.2, -0.15) is 0 Å². The van der Waals surface area contributed by atoms with Gasteiger partial charge in [-0.1, -0.05) is 29.3 Å². The normalized spacial score (nSPS) is 10.4. The van der Waals surface area contributed by atoms with Gasteiger partial charge in [-0.05, 0) is 29.6 Å². The maximum Gasteiger partial charge on any atom is 0.247 e. The molecular formula is C12H8Cl3NOS. The second-order valence-electron chi connectivity index (χ2n) is 3.38. The summed E-state index contributed by atoms with van der Waals surface area (Å²) < 4.78 is 0. The molecule has 0 radical (unpaired) electrons. The Morgan fingerprint density at radius 3 is 2.33 bits per heavy atom. The molecule has 0 aliphatic carbocycles. The van der Waals surface area contributed by atoms with Crippen molar-refractivity contribution in [3.63, 3.8) is 0 Å². The minimum Gasteiger partial charge on any atom is -0.273 e. The average molecular weight is 321 g/mol. The zero-order chi connectivity index (χ0) is 13.1. The van der Waals surface area contributed by atoms with Crippen molar-refractivity contribution in [1.82, 2.24) is 0 Å². The van der Waals surface area contributed by atoms with Crippen LogP contribution < -0.4 is 4.90 Å². The Morgan fingerprint density at radius 2 is 1.83 bits per heavy atom. The van der Waals surface area contributed by atoms with Crippen LogP contribution in [0.25, 0.3) is 0 Å². The first-order valence-electron chi connectivity index (χ1n) is 5.01. The number of carbonyl (C=O) groups is 1. The maximum atomic E-state index is 12.0. The molecule has 0 saturated heterocycles. The number of alkyl halides is 1. The van der Waals surface area contributed by atoms with Crippen molar-refractivity contribution in [3.05, 3.63) is 45.8 Å². The van der Waals surface area contributed by atoms with Crippen molar-refractivity contribution >= 4 is 62.7 Å². The highest BCUT2D eigenvalue weighted by molar-refractivity contribution is 7.14.